The number of aliphatic hydroxyl groups is 1. The van der Waals surface area contributed by atoms with Gasteiger partial charge in [-0.1, -0.05) is 26.3 Å². The van der Waals surface area contributed by atoms with Crippen molar-refractivity contribution in [2.75, 3.05) is 0 Å². The summed E-state index contributed by atoms with van der Waals surface area (Å²) in [4.78, 5) is 12.4. The molecule has 3 nitrogen and oxygen atoms in total. The number of hydrogen-bond acceptors (Lipinski definition) is 3. The molecule has 3 atom stereocenters. The first-order valence-corrected chi connectivity index (χ1v) is 6.84. The van der Waals surface area contributed by atoms with Crippen LogP contribution in [-0.2, 0) is 4.79 Å². The fourth-order valence-electron chi connectivity index (χ4n) is 4.01. The summed E-state index contributed by atoms with van der Waals surface area (Å²) in [5.74, 6) is -0.219. The van der Waals surface area contributed by atoms with Crippen molar-refractivity contribution in [1.82, 2.24) is 0 Å². The second-order valence-electron chi connectivity index (χ2n) is 6.67. The molecular weight excluding hydrogens is 240 g/mol. The van der Waals surface area contributed by atoms with Crippen molar-refractivity contribution in [3.05, 3.63) is 35.8 Å². The molecule has 2 aliphatic rings. The first-order valence-electron chi connectivity index (χ1n) is 6.84. The minimum Gasteiger partial charge on any atom is -0.472 e. The van der Waals surface area contributed by atoms with Gasteiger partial charge in [0, 0.05) is 11.0 Å². The molecule has 1 N–H and O–H groups in total. The van der Waals surface area contributed by atoms with Crippen LogP contribution in [0.5, 0.6) is 0 Å². The topological polar surface area (TPSA) is 50.4 Å². The number of hydrogen-bond donors (Lipinski definition) is 1. The van der Waals surface area contributed by atoms with Gasteiger partial charge >= 0.3 is 0 Å². The van der Waals surface area contributed by atoms with E-state index >= 15 is 0 Å². The second kappa shape index (κ2) is 3.83. The Hall–Kier alpha value is -1.35. The summed E-state index contributed by atoms with van der Waals surface area (Å²) in [6, 6.07) is 1.83. The van der Waals surface area contributed by atoms with Crippen LogP contribution in [0, 0.1) is 10.8 Å². The zero-order valence-electron chi connectivity index (χ0n) is 11.6. The normalized spacial score (nSPS) is 37.1. The maximum Gasteiger partial charge on any atom is 0.164 e. The molecule has 1 aromatic rings. The number of aliphatic hydroxyl groups excluding tert-OH is 1. The molecule has 3 heteroatoms. The molecule has 0 amide bonds. The van der Waals surface area contributed by atoms with E-state index in [-0.39, 0.29) is 17.1 Å². The van der Waals surface area contributed by atoms with Gasteiger partial charge in [0.05, 0.1) is 24.5 Å². The Morgan fingerprint density at radius 2 is 2.11 bits per heavy atom. The van der Waals surface area contributed by atoms with Crippen molar-refractivity contribution in [3.8, 4) is 0 Å². The zero-order valence-corrected chi connectivity index (χ0v) is 11.6. The highest BCUT2D eigenvalue weighted by atomic mass is 16.3. The molecule has 0 unspecified atom stereocenters. The predicted molar refractivity (Wildman–Crippen MR) is 71.7 cm³/mol. The minimum absolute atomic E-state index is 0.0257. The maximum absolute atomic E-state index is 12.4. The summed E-state index contributed by atoms with van der Waals surface area (Å²) in [7, 11) is 0. The second-order valence-corrected chi connectivity index (χ2v) is 6.67. The van der Waals surface area contributed by atoms with Crippen LogP contribution in [-0.4, -0.2) is 17.0 Å². The zero-order chi connectivity index (χ0) is 13.8. The summed E-state index contributed by atoms with van der Waals surface area (Å²) in [5.41, 5.74) is 1.44. The van der Waals surface area contributed by atoms with Crippen molar-refractivity contribution >= 4 is 5.78 Å². The number of rotatable bonds is 1. The van der Waals surface area contributed by atoms with Gasteiger partial charge < -0.3 is 9.52 Å². The number of carbonyl (C=O) groups excluding carboxylic acids is 1. The van der Waals surface area contributed by atoms with Gasteiger partial charge in [0.2, 0.25) is 0 Å². The van der Waals surface area contributed by atoms with Gasteiger partial charge in [-0.3, -0.25) is 4.79 Å². The Labute approximate surface area is 113 Å². The third-order valence-electron chi connectivity index (χ3n) is 5.09. The van der Waals surface area contributed by atoms with E-state index in [0.717, 1.165) is 24.0 Å². The van der Waals surface area contributed by atoms with Crippen LogP contribution in [0.15, 0.2) is 34.7 Å². The lowest BCUT2D eigenvalue weighted by Crippen LogP contribution is -2.46. The largest absolute Gasteiger partial charge is 0.472 e. The SMILES string of the molecule is CC1(C)CC[C@H](O)[C@@]2(C)C1=CC(=O)[C@@H]2c1ccoc1. The summed E-state index contributed by atoms with van der Waals surface area (Å²) in [6.07, 6.45) is 6.16. The van der Waals surface area contributed by atoms with Gasteiger partial charge in [-0.2, -0.15) is 0 Å². The number of ketones is 1. The van der Waals surface area contributed by atoms with Gasteiger partial charge in [-0.15, -0.1) is 0 Å². The standard InChI is InChI=1S/C16H20O3/c1-15(2)6-4-13(18)16(3)12(15)8-11(17)14(16)10-5-7-19-9-10/h5,7-9,13-14,18H,4,6H2,1-3H3/t13-,14-,16+/m0/s1. The summed E-state index contributed by atoms with van der Waals surface area (Å²) < 4.78 is 5.13. The Balaban J connectivity index is 2.14. The molecule has 1 heterocycles. The van der Waals surface area contributed by atoms with Crippen LogP contribution in [0.1, 0.15) is 45.1 Å². The minimum atomic E-state index is -0.497. The maximum atomic E-state index is 12.4. The Bertz CT molecular complexity index is 538. The van der Waals surface area contributed by atoms with Gasteiger partial charge in [0.25, 0.3) is 0 Å². The molecule has 1 saturated carbocycles. The van der Waals surface area contributed by atoms with Crippen molar-refractivity contribution in [1.29, 1.82) is 0 Å². The van der Waals surface area contributed by atoms with Crippen LogP contribution in [0.4, 0.5) is 0 Å². The lowest BCUT2D eigenvalue weighted by Gasteiger charge is -2.48. The molecule has 0 aromatic carbocycles. The molecule has 102 valence electrons. The van der Waals surface area contributed by atoms with Crippen LogP contribution in [0.2, 0.25) is 0 Å². The van der Waals surface area contributed by atoms with Crippen molar-refractivity contribution < 1.29 is 14.3 Å². The first kappa shape index (κ1) is 12.7. The molecule has 2 aliphatic carbocycles. The molecule has 1 fully saturated rings. The number of carbonyl (C=O) groups is 1. The summed E-state index contributed by atoms with van der Waals surface area (Å²) >= 11 is 0. The quantitative estimate of drug-likeness (QED) is 0.844. The molecular formula is C16H20O3. The molecule has 3 rings (SSSR count). The van der Waals surface area contributed by atoms with Crippen LogP contribution in [0.3, 0.4) is 0 Å². The number of fused-ring (bicyclic) bond motifs is 1. The fraction of sp³-hybridized carbons (Fsp3) is 0.562. The molecule has 0 aliphatic heterocycles. The fourth-order valence-corrected chi connectivity index (χ4v) is 4.01. The lowest BCUT2D eigenvalue weighted by atomic mass is 9.56. The van der Waals surface area contributed by atoms with E-state index in [1.54, 1.807) is 18.6 Å². The lowest BCUT2D eigenvalue weighted by molar-refractivity contribution is -0.119. The van der Waals surface area contributed by atoms with Gasteiger partial charge in [0.15, 0.2) is 5.78 Å². The molecule has 0 saturated heterocycles. The highest BCUT2D eigenvalue weighted by Gasteiger charge is 2.57. The number of furan rings is 1. The van der Waals surface area contributed by atoms with Gasteiger partial charge in [0.1, 0.15) is 0 Å². The Morgan fingerprint density at radius 1 is 1.37 bits per heavy atom. The van der Waals surface area contributed by atoms with E-state index in [2.05, 4.69) is 13.8 Å². The monoisotopic (exact) mass is 260 g/mol. The molecule has 0 spiro atoms. The van der Waals surface area contributed by atoms with Crippen molar-refractivity contribution in [3.63, 3.8) is 0 Å². The van der Waals surface area contributed by atoms with Gasteiger partial charge in [-0.05, 0) is 30.4 Å². The van der Waals surface area contributed by atoms with Crippen LogP contribution >= 0.6 is 0 Å². The average molecular weight is 260 g/mol. The predicted octanol–water partition coefficient (Wildman–Crippen LogP) is 3.06. The van der Waals surface area contributed by atoms with Crippen LogP contribution in [0.25, 0.3) is 0 Å². The first-order chi connectivity index (χ1) is 8.87. The Kier molecular flexibility index (Phi) is 2.55. The highest BCUT2D eigenvalue weighted by molar-refractivity contribution is 6.00. The van der Waals surface area contributed by atoms with E-state index in [0.29, 0.717) is 0 Å². The van der Waals surface area contributed by atoms with Gasteiger partial charge in [-0.25, -0.2) is 0 Å². The highest BCUT2D eigenvalue weighted by Crippen LogP contribution is 2.60. The van der Waals surface area contributed by atoms with E-state index in [9.17, 15) is 9.90 Å². The molecule has 19 heavy (non-hydrogen) atoms. The van der Waals surface area contributed by atoms with E-state index < -0.39 is 11.5 Å². The smallest absolute Gasteiger partial charge is 0.164 e. The Morgan fingerprint density at radius 3 is 2.74 bits per heavy atom. The van der Waals surface area contributed by atoms with Crippen molar-refractivity contribution in [2.24, 2.45) is 10.8 Å². The van der Waals surface area contributed by atoms with E-state index in [1.807, 2.05) is 13.0 Å². The van der Waals surface area contributed by atoms with E-state index in [4.69, 9.17) is 4.42 Å². The third kappa shape index (κ3) is 1.57. The molecule has 0 bridgehead atoms. The summed E-state index contributed by atoms with van der Waals surface area (Å²) in [5, 5.41) is 10.5. The van der Waals surface area contributed by atoms with Crippen molar-refractivity contribution in [2.45, 2.75) is 45.6 Å². The summed E-state index contributed by atoms with van der Waals surface area (Å²) in [6.45, 7) is 6.34. The molecule has 0 radical (unpaired) electrons. The average Bonchev–Trinajstić information content (AvgIpc) is 2.92. The third-order valence-corrected chi connectivity index (χ3v) is 5.09. The number of allylic oxidation sites excluding steroid dienone is 1. The molecule has 1 aromatic heterocycles. The van der Waals surface area contributed by atoms with E-state index in [1.165, 1.54) is 0 Å². The van der Waals surface area contributed by atoms with Crippen LogP contribution < -0.4 is 0 Å².